The lowest BCUT2D eigenvalue weighted by molar-refractivity contribution is 0.0939. The molecule has 1 aromatic heterocycles. The van der Waals surface area contributed by atoms with Crippen molar-refractivity contribution in [2.45, 2.75) is 46.5 Å². The minimum absolute atomic E-state index is 0.0289. The topological polar surface area (TPSA) is 101 Å². The molecule has 0 bridgehead atoms. The maximum atomic E-state index is 12.0. The van der Waals surface area contributed by atoms with Gasteiger partial charge in [-0.3, -0.25) is 10.2 Å². The summed E-state index contributed by atoms with van der Waals surface area (Å²) in [5, 5.41) is 0. The van der Waals surface area contributed by atoms with Gasteiger partial charge in [-0.15, -0.1) is 4.83 Å². The summed E-state index contributed by atoms with van der Waals surface area (Å²) in [6.45, 7) is 5.99. The predicted molar refractivity (Wildman–Crippen MR) is 81.4 cm³/mol. The highest BCUT2D eigenvalue weighted by Gasteiger charge is 2.29. The van der Waals surface area contributed by atoms with Gasteiger partial charge in [-0.1, -0.05) is 13.8 Å². The van der Waals surface area contributed by atoms with Gasteiger partial charge in [0.2, 0.25) is 10.0 Å². The molecule has 1 fully saturated rings. The van der Waals surface area contributed by atoms with Crippen molar-refractivity contribution in [1.82, 2.24) is 15.2 Å². The molecule has 1 saturated carbocycles. The fraction of sp³-hybridized carbons (Fsp3) is 0.714. The number of hydrogen-bond donors (Lipinski definition) is 2. The molecule has 1 aliphatic carbocycles. The Morgan fingerprint density at radius 2 is 2.05 bits per heavy atom. The van der Waals surface area contributed by atoms with Gasteiger partial charge in [-0.05, 0) is 43.9 Å². The van der Waals surface area contributed by atoms with Crippen LogP contribution in [0.4, 0.5) is 0 Å². The molecule has 0 aliphatic heterocycles. The molecule has 0 aromatic carbocycles. The Morgan fingerprint density at radius 3 is 2.59 bits per heavy atom. The summed E-state index contributed by atoms with van der Waals surface area (Å²) in [6, 6.07) is 0. The van der Waals surface area contributed by atoms with E-state index in [1.54, 1.807) is 6.92 Å². The van der Waals surface area contributed by atoms with Gasteiger partial charge in [0, 0.05) is 0 Å². The number of oxazole rings is 1. The van der Waals surface area contributed by atoms with Gasteiger partial charge in [0.05, 0.1) is 5.75 Å². The summed E-state index contributed by atoms with van der Waals surface area (Å²) in [5.74, 6) is -0.122. The van der Waals surface area contributed by atoms with Crippen molar-refractivity contribution in [2.75, 3.05) is 5.75 Å². The number of carbonyl (C=O) groups excluding carboxylic acids is 1. The number of nitrogens with one attached hydrogen (secondary N) is 2. The molecule has 0 radical (unpaired) electrons. The summed E-state index contributed by atoms with van der Waals surface area (Å²) in [5.41, 5.74) is 2.54. The minimum Gasteiger partial charge on any atom is -0.448 e. The van der Waals surface area contributed by atoms with E-state index >= 15 is 0 Å². The van der Waals surface area contributed by atoms with Crippen molar-refractivity contribution in [2.24, 2.45) is 11.3 Å². The number of hydrogen-bond acceptors (Lipinski definition) is 5. The van der Waals surface area contributed by atoms with Gasteiger partial charge in [-0.2, -0.15) is 0 Å². The fourth-order valence-corrected chi connectivity index (χ4v) is 3.97. The first kappa shape index (κ1) is 17.0. The quantitative estimate of drug-likeness (QED) is 0.802. The first-order chi connectivity index (χ1) is 10.2. The third kappa shape index (κ3) is 4.54. The van der Waals surface area contributed by atoms with Crippen LogP contribution in [-0.4, -0.2) is 25.1 Å². The number of sulfonamides is 1. The first-order valence-electron chi connectivity index (χ1n) is 7.38. The van der Waals surface area contributed by atoms with E-state index in [0.717, 1.165) is 32.1 Å². The molecular formula is C14H23N3O4S. The molecule has 0 saturated heterocycles. The van der Waals surface area contributed by atoms with Crippen LogP contribution in [-0.2, 0) is 10.0 Å². The number of amides is 1. The van der Waals surface area contributed by atoms with Crippen LogP contribution >= 0.6 is 0 Å². The molecular weight excluding hydrogens is 306 g/mol. The highest BCUT2D eigenvalue weighted by atomic mass is 32.2. The standard InChI is InChI=1S/C14H23N3O4S/c1-10-12(15-9-21-10)13(18)16-17-22(19,20)8-11-4-6-14(2,3)7-5-11/h9,11,17H,4-8H2,1-3H3,(H,16,18). The molecule has 0 unspecified atom stereocenters. The number of rotatable bonds is 5. The zero-order chi connectivity index (χ0) is 16.4. The van der Waals surface area contributed by atoms with Crippen molar-refractivity contribution in [3.63, 3.8) is 0 Å². The Hall–Kier alpha value is -1.41. The average Bonchev–Trinajstić information content (AvgIpc) is 2.85. The fourth-order valence-electron chi connectivity index (χ4n) is 2.68. The average molecular weight is 329 g/mol. The molecule has 2 rings (SSSR count). The summed E-state index contributed by atoms with van der Waals surface area (Å²) < 4.78 is 29.0. The largest absolute Gasteiger partial charge is 0.448 e. The third-order valence-electron chi connectivity index (χ3n) is 4.19. The molecule has 1 aromatic rings. The predicted octanol–water partition coefficient (Wildman–Crippen LogP) is 1.76. The van der Waals surface area contributed by atoms with E-state index in [-0.39, 0.29) is 17.4 Å². The Morgan fingerprint density at radius 1 is 1.41 bits per heavy atom. The molecule has 0 spiro atoms. The number of carbonyl (C=O) groups is 1. The lowest BCUT2D eigenvalue weighted by Gasteiger charge is -2.34. The molecule has 1 amide bonds. The van der Waals surface area contributed by atoms with Crippen molar-refractivity contribution in [1.29, 1.82) is 0 Å². The zero-order valence-electron chi connectivity index (χ0n) is 13.2. The van der Waals surface area contributed by atoms with Crippen LogP contribution in [0, 0.1) is 18.3 Å². The molecule has 2 N–H and O–H groups in total. The maximum absolute atomic E-state index is 12.0. The number of hydrazine groups is 1. The van der Waals surface area contributed by atoms with Crippen molar-refractivity contribution < 1.29 is 17.6 Å². The molecule has 8 heteroatoms. The first-order valence-corrected chi connectivity index (χ1v) is 9.04. The van der Waals surface area contributed by atoms with Crippen LogP contribution < -0.4 is 10.3 Å². The van der Waals surface area contributed by atoms with E-state index < -0.39 is 15.9 Å². The van der Waals surface area contributed by atoms with E-state index in [0.29, 0.717) is 11.2 Å². The van der Waals surface area contributed by atoms with Crippen LogP contribution in [0.1, 0.15) is 55.8 Å². The van der Waals surface area contributed by atoms with Crippen molar-refractivity contribution >= 4 is 15.9 Å². The van der Waals surface area contributed by atoms with E-state index in [1.807, 2.05) is 0 Å². The van der Waals surface area contributed by atoms with E-state index in [9.17, 15) is 13.2 Å². The Bertz CT molecular complexity index is 626. The number of aromatic nitrogens is 1. The van der Waals surface area contributed by atoms with E-state index in [4.69, 9.17) is 4.42 Å². The zero-order valence-corrected chi connectivity index (χ0v) is 14.0. The monoisotopic (exact) mass is 329 g/mol. The van der Waals surface area contributed by atoms with Crippen LogP contribution in [0.25, 0.3) is 0 Å². The lowest BCUT2D eigenvalue weighted by Crippen LogP contribution is -2.44. The molecule has 7 nitrogen and oxygen atoms in total. The van der Waals surface area contributed by atoms with Crippen LogP contribution in [0.2, 0.25) is 0 Å². The molecule has 22 heavy (non-hydrogen) atoms. The van der Waals surface area contributed by atoms with Crippen LogP contribution in [0.15, 0.2) is 10.8 Å². The third-order valence-corrected chi connectivity index (χ3v) is 5.52. The smallest absolute Gasteiger partial charge is 0.288 e. The summed E-state index contributed by atoms with van der Waals surface area (Å²) in [7, 11) is -3.56. The Labute approximate surface area is 130 Å². The van der Waals surface area contributed by atoms with E-state index in [1.165, 1.54) is 0 Å². The van der Waals surface area contributed by atoms with Gasteiger partial charge in [0.25, 0.3) is 5.91 Å². The second-order valence-corrected chi connectivity index (χ2v) is 8.47. The van der Waals surface area contributed by atoms with Crippen LogP contribution in [0.5, 0.6) is 0 Å². The highest BCUT2D eigenvalue weighted by molar-refractivity contribution is 7.89. The molecule has 1 heterocycles. The lowest BCUT2D eigenvalue weighted by atomic mass is 9.74. The Kier molecular flexibility index (Phi) is 4.91. The highest BCUT2D eigenvalue weighted by Crippen LogP contribution is 2.38. The van der Waals surface area contributed by atoms with E-state index in [2.05, 4.69) is 29.1 Å². The molecule has 124 valence electrons. The molecule has 1 aliphatic rings. The summed E-state index contributed by atoms with van der Waals surface area (Å²) in [6.07, 6.45) is 4.98. The van der Waals surface area contributed by atoms with Crippen LogP contribution in [0.3, 0.4) is 0 Å². The number of nitrogens with zero attached hydrogens (tertiary/aromatic N) is 1. The minimum atomic E-state index is -3.56. The normalized spacial score (nSPS) is 19.0. The van der Waals surface area contributed by atoms with Gasteiger partial charge in [0.15, 0.2) is 12.1 Å². The van der Waals surface area contributed by atoms with Gasteiger partial charge in [-0.25, -0.2) is 13.4 Å². The second kappa shape index (κ2) is 6.37. The van der Waals surface area contributed by atoms with Gasteiger partial charge < -0.3 is 4.42 Å². The SMILES string of the molecule is Cc1ocnc1C(=O)NNS(=O)(=O)CC1CCC(C)(C)CC1. The number of aryl methyl sites for hydroxylation is 1. The van der Waals surface area contributed by atoms with Crippen molar-refractivity contribution in [3.8, 4) is 0 Å². The second-order valence-electron chi connectivity index (χ2n) is 6.70. The van der Waals surface area contributed by atoms with Gasteiger partial charge in [0.1, 0.15) is 5.76 Å². The maximum Gasteiger partial charge on any atom is 0.288 e. The molecule has 0 atom stereocenters. The summed E-state index contributed by atoms with van der Waals surface area (Å²) in [4.78, 5) is 17.7. The van der Waals surface area contributed by atoms with Crippen molar-refractivity contribution in [3.05, 3.63) is 17.8 Å². The summed E-state index contributed by atoms with van der Waals surface area (Å²) >= 11 is 0. The Balaban J connectivity index is 1.84. The van der Waals surface area contributed by atoms with Gasteiger partial charge >= 0.3 is 0 Å².